The Kier molecular flexibility index (Phi) is 6.33. The van der Waals surface area contributed by atoms with Crippen LogP contribution in [0.1, 0.15) is 18.9 Å². The lowest BCUT2D eigenvalue weighted by Crippen LogP contribution is -2.35. The number of aliphatic hydroxyl groups excluding tert-OH is 1. The van der Waals surface area contributed by atoms with Gasteiger partial charge in [0.2, 0.25) is 5.91 Å². The fourth-order valence-electron chi connectivity index (χ4n) is 3.33. The number of rotatable bonds is 7. The van der Waals surface area contributed by atoms with E-state index in [2.05, 4.69) is 5.32 Å². The van der Waals surface area contributed by atoms with Gasteiger partial charge in [-0.05, 0) is 42.8 Å². The molecule has 1 aliphatic heterocycles. The Labute approximate surface area is 180 Å². The second-order valence-corrected chi connectivity index (χ2v) is 7.20. The summed E-state index contributed by atoms with van der Waals surface area (Å²) in [5.41, 5.74) is 3.28. The van der Waals surface area contributed by atoms with Gasteiger partial charge in [0.05, 0.1) is 18.3 Å². The molecule has 0 aliphatic carbocycles. The molecule has 1 unspecified atom stereocenters. The summed E-state index contributed by atoms with van der Waals surface area (Å²) >= 11 is 0. The standard InChI is InChI=1S/C24H25N3O4/c1-2-19(16-28)25-23(29)11-9-18-15-27(20-6-4-3-5-7-20)26-24(18)17-8-10-21-22(14-17)31-13-12-30-21/h3-11,14-15,19,28H,2,12-13,16H2,1H3,(H,25,29). The van der Waals surface area contributed by atoms with Crippen molar-refractivity contribution in [2.45, 2.75) is 19.4 Å². The van der Waals surface area contributed by atoms with Gasteiger partial charge in [0.15, 0.2) is 11.5 Å². The normalized spacial score (nSPS) is 13.9. The first kappa shape index (κ1) is 20.7. The molecule has 2 N–H and O–H groups in total. The highest BCUT2D eigenvalue weighted by atomic mass is 16.6. The van der Waals surface area contributed by atoms with Crippen molar-refractivity contribution in [3.63, 3.8) is 0 Å². The van der Waals surface area contributed by atoms with Gasteiger partial charge in [-0.3, -0.25) is 4.79 Å². The summed E-state index contributed by atoms with van der Waals surface area (Å²) in [6.07, 6.45) is 5.74. The number of aromatic nitrogens is 2. The number of hydrogen-bond acceptors (Lipinski definition) is 5. The average molecular weight is 419 g/mol. The Bertz CT molecular complexity index is 1070. The molecule has 2 aromatic carbocycles. The Morgan fingerprint density at radius 1 is 1.19 bits per heavy atom. The summed E-state index contributed by atoms with van der Waals surface area (Å²) in [7, 11) is 0. The van der Waals surface area contributed by atoms with Crippen LogP contribution in [-0.2, 0) is 4.79 Å². The molecule has 0 saturated heterocycles. The summed E-state index contributed by atoms with van der Waals surface area (Å²) in [6.45, 7) is 2.86. The van der Waals surface area contributed by atoms with Crippen molar-refractivity contribution in [2.24, 2.45) is 0 Å². The highest BCUT2D eigenvalue weighted by Gasteiger charge is 2.16. The SMILES string of the molecule is CCC(CO)NC(=O)C=Cc1cn(-c2ccccc2)nc1-c1ccc2c(c1)OCCO2. The van der Waals surface area contributed by atoms with E-state index in [4.69, 9.17) is 14.6 Å². The second kappa shape index (κ2) is 9.49. The smallest absolute Gasteiger partial charge is 0.244 e. The van der Waals surface area contributed by atoms with Gasteiger partial charge in [0.25, 0.3) is 0 Å². The monoisotopic (exact) mass is 419 g/mol. The molecule has 0 spiro atoms. The van der Waals surface area contributed by atoms with Crippen LogP contribution in [0.5, 0.6) is 11.5 Å². The van der Waals surface area contributed by atoms with E-state index in [0.717, 1.165) is 22.5 Å². The number of carbonyl (C=O) groups excluding carboxylic acids is 1. The molecular weight excluding hydrogens is 394 g/mol. The van der Waals surface area contributed by atoms with Gasteiger partial charge >= 0.3 is 0 Å². The van der Waals surface area contributed by atoms with Crippen LogP contribution in [0.25, 0.3) is 23.0 Å². The fourth-order valence-corrected chi connectivity index (χ4v) is 3.33. The third-order valence-corrected chi connectivity index (χ3v) is 5.05. The molecule has 1 aliphatic rings. The number of hydrogen-bond donors (Lipinski definition) is 2. The largest absolute Gasteiger partial charge is 0.486 e. The number of nitrogens with zero attached hydrogens (tertiary/aromatic N) is 2. The molecule has 3 aromatic rings. The van der Waals surface area contributed by atoms with Gasteiger partial charge in [-0.1, -0.05) is 25.1 Å². The summed E-state index contributed by atoms with van der Waals surface area (Å²) < 4.78 is 13.1. The summed E-state index contributed by atoms with van der Waals surface area (Å²) in [5, 5.41) is 16.9. The summed E-state index contributed by atoms with van der Waals surface area (Å²) in [6, 6.07) is 15.2. The number of amides is 1. The number of aliphatic hydroxyl groups is 1. The van der Waals surface area contributed by atoms with Gasteiger partial charge in [0.1, 0.15) is 18.9 Å². The number of fused-ring (bicyclic) bond motifs is 1. The van der Waals surface area contributed by atoms with Crippen molar-refractivity contribution in [1.82, 2.24) is 15.1 Å². The quantitative estimate of drug-likeness (QED) is 0.575. The van der Waals surface area contributed by atoms with Gasteiger partial charge < -0.3 is 19.9 Å². The number of ether oxygens (including phenoxy) is 2. The molecule has 0 fully saturated rings. The van der Waals surface area contributed by atoms with Crippen LogP contribution < -0.4 is 14.8 Å². The predicted molar refractivity (Wildman–Crippen MR) is 118 cm³/mol. The zero-order chi connectivity index (χ0) is 21.6. The van der Waals surface area contributed by atoms with E-state index in [1.165, 1.54) is 6.08 Å². The first-order valence-electron chi connectivity index (χ1n) is 10.3. The second-order valence-electron chi connectivity index (χ2n) is 7.20. The zero-order valence-corrected chi connectivity index (χ0v) is 17.3. The van der Waals surface area contributed by atoms with Crippen molar-refractivity contribution in [1.29, 1.82) is 0 Å². The van der Waals surface area contributed by atoms with Gasteiger partial charge in [0, 0.05) is 23.4 Å². The van der Waals surface area contributed by atoms with Crippen LogP contribution in [0.2, 0.25) is 0 Å². The van der Waals surface area contributed by atoms with Crippen LogP contribution in [0.3, 0.4) is 0 Å². The molecule has 7 nitrogen and oxygen atoms in total. The average Bonchev–Trinajstić information content (AvgIpc) is 3.26. The number of nitrogens with one attached hydrogen (secondary N) is 1. The Balaban J connectivity index is 1.69. The van der Waals surface area contributed by atoms with Crippen molar-refractivity contribution >= 4 is 12.0 Å². The van der Waals surface area contributed by atoms with Crippen LogP contribution in [-0.4, -0.2) is 46.7 Å². The van der Waals surface area contributed by atoms with Crippen LogP contribution in [0.15, 0.2) is 60.8 Å². The van der Waals surface area contributed by atoms with Crippen molar-refractivity contribution in [3.8, 4) is 28.4 Å². The molecule has 1 aromatic heterocycles. The maximum Gasteiger partial charge on any atom is 0.244 e. The van der Waals surface area contributed by atoms with E-state index in [1.54, 1.807) is 10.8 Å². The van der Waals surface area contributed by atoms with Gasteiger partial charge in [-0.2, -0.15) is 5.10 Å². The first-order valence-corrected chi connectivity index (χ1v) is 10.3. The Morgan fingerprint density at radius 2 is 1.97 bits per heavy atom. The number of para-hydroxylation sites is 1. The lowest BCUT2D eigenvalue weighted by molar-refractivity contribution is -0.117. The predicted octanol–water partition coefficient (Wildman–Crippen LogP) is 3.21. The van der Waals surface area contributed by atoms with Crippen molar-refractivity contribution < 1.29 is 19.4 Å². The molecule has 160 valence electrons. The third kappa shape index (κ3) is 4.78. The molecule has 2 heterocycles. The van der Waals surface area contributed by atoms with E-state index in [-0.39, 0.29) is 18.6 Å². The van der Waals surface area contributed by atoms with E-state index in [9.17, 15) is 9.90 Å². The Hall–Kier alpha value is -3.58. The topological polar surface area (TPSA) is 85.6 Å². The third-order valence-electron chi connectivity index (χ3n) is 5.05. The maximum absolute atomic E-state index is 12.3. The highest BCUT2D eigenvalue weighted by Crippen LogP contribution is 2.35. The molecule has 1 atom stereocenters. The van der Waals surface area contributed by atoms with E-state index in [0.29, 0.717) is 31.1 Å². The lowest BCUT2D eigenvalue weighted by Gasteiger charge is -2.18. The minimum Gasteiger partial charge on any atom is -0.486 e. The zero-order valence-electron chi connectivity index (χ0n) is 17.3. The Morgan fingerprint density at radius 3 is 2.71 bits per heavy atom. The van der Waals surface area contributed by atoms with Crippen LogP contribution in [0.4, 0.5) is 0 Å². The van der Waals surface area contributed by atoms with E-state index < -0.39 is 0 Å². The molecule has 0 saturated carbocycles. The molecule has 0 radical (unpaired) electrons. The molecular formula is C24H25N3O4. The van der Waals surface area contributed by atoms with Crippen molar-refractivity contribution in [3.05, 3.63) is 66.4 Å². The van der Waals surface area contributed by atoms with Crippen LogP contribution >= 0.6 is 0 Å². The minimum atomic E-state index is -0.263. The highest BCUT2D eigenvalue weighted by molar-refractivity contribution is 5.93. The molecule has 4 rings (SSSR count). The lowest BCUT2D eigenvalue weighted by atomic mass is 10.1. The number of carbonyl (C=O) groups is 1. The summed E-state index contributed by atoms with van der Waals surface area (Å²) in [4.78, 5) is 12.3. The number of benzene rings is 2. The molecule has 31 heavy (non-hydrogen) atoms. The molecule has 1 amide bonds. The first-order chi connectivity index (χ1) is 15.2. The van der Waals surface area contributed by atoms with Gasteiger partial charge in [-0.25, -0.2) is 4.68 Å². The molecule has 7 heteroatoms. The minimum absolute atomic E-state index is 0.0928. The van der Waals surface area contributed by atoms with E-state index >= 15 is 0 Å². The van der Waals surface area contributed by atoms with Gasteiger partial charge in [-0.15, -0.1) is 0 Å². The fraction of sp³-hybridized carbons (Fsp3) is 0.250. The van der Waals surface area contributed by atoms with E-state index in [1.807, 2.05) is 61.7 Å². The summed E-state index contributed by atoms with van der Waals surface area (Å²) in [5.74, 6) is 1.13. The van der Waals surface area contributed by atoms with Crippen LogP contribution in [0, 0.1) is 0 Å². The molecule has 0 bridgehead atoms. The van der Waals surface area contributed by atoms with Crippen molar-refractivity contribution in [2.75, 3.05) is 19.8 Å². The maximum atomic E-state index is 12.3.